The number of hydrogen-bond donors (Lipinski definition) is 1. The Kier molecular flexibility index (Phi) is 5.83. The SMILES string of the molecule is c1ccc(CNC(Cc2ccccc2)c2cccc(-n3c4ccccc4c4ccccc43)n2)cc1. The summed E-state index contributed by atoms with van der Waals surface area (Å²) in [5.41, 5.74) is 5.96. The first-order valence-corrected chi connectivity index (χ1v) is 12.1. The van der Waals surface area contributed by atoms with E-state index in [1.807, 2.05) is 0 Å². The van der Waals surface area contributed by atoms with Crippen LogP contribution in [0.1, 0.15) is 22.9 Å². The molecule has 6 rings (SSSR count). The van der Waals surface area contributed by atoms with Gasteiger partial charge in [0, 0.05) is 17.3 Å². The van der Waals surface area contributed by atoms with Crippen molar-refractivity contribution in [2.45, 2.75) is 19.0 Å². The molecule has 0 bridgehead atoms. The smallest absolute Gasteiger partial charge is 0.137 e. The molecule has 3 nitrogen and oxygen atoms in total. The van der Waals surface area contributed by atoms with Crippen LogP contribution in [0.25, 0.3) is 27.6 Å². The van der Waals surface area contributed by atoms with Crippen molar-refractivity contribution in [1.29, 1.82) is 0 Å². The van der Waals surface area contributed by atoms with Crippen LogP contribution in [0, 0.1) is 0 Å². The molecule has 0 saturated heterocycles. The summed E-state index contributed by atoms with van der Waals surface area (Å²) in [6, 6.07) is 44.8. The summed E-state index contributed by atoms with van der Waals surface area (Å²) < 4.78 is 2.28. The fourth-order valence-corrected chi connectivity index (χ4v) is 4.90. The van der Waals surface area contributed by atoms with E-state index >= 15 is 0 Å². The molecule has 0 radical (unpaired) electrons. The van der Waals surface area contributed by atoms with Gasteiger partial charge in [-0.3, -0.25) is 4.57 Å². The minimum absolute atomic E-state index is 0.0886. The van der Waals surface area contributed by atoms with Crippen molar-refractivity contribution in [1.82, 2.24) is 14.9 Å². The normalized spacial score (nSPS) is 12.2. The molecule has 6 aromatic rings. The molecule has 2 aromatic heterocycles. The van der Waals surface area contributed by atoms with Gasteiger partial charge in [0.15, 0.2) is 0 Å². The molecule has 170 valence electrons. The summed E-state index contributed by atoms with van der Waals surface area (Å²) in [7, 11) is 0. The van der Waals surface area contributed by atoms with Gasteiger partial charge in [-0.25, -0.2) is 4.98 Å². The van der Waals surface area contributed by atoms with Crippen molar-refractivity contribution in [3.63, 3.8) is 0 Å². The molecule has 0 amide bonds. The lowest BCUT2D eigenvalue weighted by molar-refractivity contribution is 0.518. The minimum Gasteiger partial charge on any atom is -0.304 e. The van der Waals surface area contributed by atoms with Crippen molar-refractivity contribution < 1.29 is 0 Å². The Morgan fingerprint density at radius 2 is 1.14 bits per heavy atom. The second kappa shape index (κ2) is 9.57. The highest BCUT2D eigenvalue weighted by molar-refractivity contribution is 6.09. The lowest BCUT2D eigenvalue weighted by Gasteiger charge is -2.20. The van der Waals surface area contributed by atoms with Gasteiger partial charge in [-0.1, -0.05) is 103 Å². The molecule has 0 aliphatic rings. The number of benzene rings is 4. The first-order valence-electron chi connectivity index (χ1n) is 12.1. The predicted molar refractivity (Wildman–Crippen MR) is 145 cm³/mol. The molecular formula is C32H27N3. The molecule has 0 aliphatic carbocycles. The first-order chi connectivity index (χ1) is 17.4. The first kappa shape index (κ1) is 21.3. The molecule has 1 N–H and O–H groups in total. The zero-order valence-electron chi connectivity index (χ0n) is 19.5. The average molecular weight is 454 g/mol. The van der Waals surface area contributed by atoms with Gasteiger partial charge in [-0.15, -0.1) is 0 Å². The number of fused-ring (bicyclic) bond motifs is 3. The second-order valence-electron chi connectivity index (χ2n) is 8.90. The molecule has 0 spiro atoms. The van der Waals surface area contributed by atoms with Crippen LogP contribution in [0.15, 0.2) is 127 Å². The quantitative estimate of drug-likeness (QED) is 0.276. The Morgan fingerprint density at radius 3 is 1.80 bits per heavy atom. The number of nitrogens with one attached hydrogen (secondary N) is 1. The average Bonchev–Trinajstić information content (AvgIpc) is 3.27. The lowest BCUT2D eigenvalue weighted by Crippen LogP contribution is -2.24. The molecule has 4 aromatic carbocycles. The van der Waals surface area contributed by atoms with Crippen molar-refractivity contribution in [2.24, 2.45) is 0 Å². The third kappa shape index (κ3) is 4.34. The minimum atomic E-state index is 0.0886. The number of rotatable bonds is 7. The van der Waals surface area contributed by atoms with Crippen LogP contribution in [0.2, 0.25) is 0 Å². The number of hydrogen-bond acceptors (Lipinski definition) is 2. The largest absolute Gasteiger partial charge is 0.304 e. The Labute approximate surface area is 205 Å². The highest BCUT2D eigenvalue weighted by atomic mass is 15.1. The van der Waals surface area contributed by atoms with E-state index in [0.29, 0.717) is 0 Å². The molecule has 0 aliphatic heterocycles. The van der Waals surface area contributed by atoms with E-state index in [9.17, 15) is 0 Å². The maximum absolute atomic E-state index is 5.22. The Balaban J connectivity index is 1.42. The number of nitrogens with zero attached hydrogens (tertiary/aromatic N) is 2. The van der Waals surface area contributed by atoms with Gasteiger partial charge >= 0.3 is 0 Å². The molecule has 2 heterocycles. The molecule has 3 heteroatoms. The van der Waals surface area contributed by atoms with Crippen LogP contribution >= 0.6 is 0 Å². The molecular weight excluding hydrogens is 426 g/mol. The van der Waals surface area contributed by atoms with Crippen molar-refractivity contribution >= 4 is 21.8 Å². The van der Waals surface area contributed by atoms with Gasteiger partial charge in [0.05, 0.1) is 22.8 Å². The van der Waals surface area contributed by atoms with E-state index in [1.54, 1.807) is 0 Å². The Morgan fingerprint density at radius 1 is 0.571 bits per heavy atom. The number of pyridine rings is 1. The van der Waals surface area contributed by atoms with Crippen molar-refractivity contribution in [2.75, 3.05) is 0 Å². The van der Waals surface area contributed by atoms with Crippen LogP contribution in [0.4, 0.5) is 0 Å². The van der Waals surface area contributed by atoms with Gasteiger partial charge in [0.1, 0.15) is 5.82 Å². The van der Waals surface area contributed by atoms with Gasteiger partial charge in [0.2, 0.25) is 0 Å². The number of para-hydroxylation sites is 2. The Hall–Kier alpha value is -4.21. The van der Waals surface area contributed by atoms with Crippen LogP contribution in [0.5, 0.6) is 0 Å². The topological polar surface area (TPSA) is 29.9 Å². The highest BCUT2D eigenvalue weighted by Crippen LogP contribution is 2.31. The zero-order chi connectivity index (χ0) is 23.5. The summed E-state index contributed by atoms with van der Waals surface area (Å²) in [6.07, 6.45) is 0.872. The van der Waals surface area contributed by atoms with Gasteiger partial charge in [0.25, 0.3) is 0 Å². The summed E-state index contributed by atoms with van der Waals surface area (Å²) in [5, 5.41) is 6.27. The molecule has 35 heavy (non-hydrogen) atoms. The zero-order valence-corrected chi connectivity index (χ0v) is 19.5. The van der Waals surface area contributed by atoms with E-state index < -0.39 is 0 Å². The fraction of sp³-hybridized carbons (Fsp3) is 0.0938. The predicted octanol–water partition coefficient (Wildman–Crippen LogP) is 7.25. The van der Waals surface area contributed by atoms with E-state index in [1.165, 1.54) is 32.9 Å². The van der Waals surface area contributed by atoms with Crippen LogP contribution in [-0.2, 0) is 13.0 Å². The van der Waals surface area contributed by atoms with Gasteiger partial charge in [-0.05, 0) is 41.8 Å². The number of aromatic nitrogens is 2. The third-order valence-corrected chi connectivity index (χ3v) is 6.60. The molecule has 0 saturated carbocycles. The summed E-state index contributed by atoms with van der Waals surface area (Å²) in [5.74, 6) is 0.944. The van der Waals surface area contributed by atoms with Crippen LogP contribution in [-0.4, -0.2) is 9.55 Å². The maximum Gasteiger partial charge on any atom is 0.137 e. The van der Waals surface area contributed by atoms with E-state index in [0.717, 1.165) is 24.5 Å². The summed E-state index contributed by atoms with van der Waals surface area (Å²) >= 11 is 0. The van der Waals surface area contributed by atoms with E-state index in [2.05, 4.69) is 137 Å². The maximum atomic E-state index is 5.22. The molecule has 0 fully saturated rings. The van der Waals surface area contributed by atoms with E-state index in [4.69, 9.17) is 4.98 Å². The molecule has 1 unspecified atom stereocenters. The third-order valence-electron chi connectivity index (χ3n) is 6.60. The second-order valence-corrected chi connectivity index (χ2v) is 8.90. The van der Waals surface area contributed by atoms with E-state index in [-0.39, 0.29) is 6.04 Å². The lowest BCUT2D eigenvalue weighted by atomic mass is 10.0. The molecule has 1 atom stereocenters. The monoisotopic (exact) mass is 453 g/mol. The highest BCUT2D eigenvalue weighted by Gasteiger charge is 2.17. The van der Waals surface area contributed by atoms with Crippen molar-refractivity contribution in [3.8, 4) is 5.82 Å². The van der Waals surface area contributed by atoms with Gasteiger partial charge < -0.3 is 5.32 Å². The van der Waals surface area contributed by atoms with Crippen molar-refractivity contribution in [3.05, 3.63) is 144 Å². The Bertz CT molecular complexity index is 1520. The van der Waals surface area contributed by atoms with Crippen LogP contribution < -0.4 is 5.32 Å². The summed E-state index contributed by atoms with van der Waals surface area (Å²) in [4.78, 5) is 5.22. The van der Waals surface area contributed by atoms with Gasteiger partial charge in [-0.2, -0.15) is 0 Å². The standard InChI is InChI=1S/C32H27N3/c1-3-12-24(13-4-1)22-29(33-23-25-14-5-2-6-15-25)28-18-11-21-32(34-28)35-30-19-9-7-16-26(30)27-17-8-10-20-31(27)35/h1-21,29,33H,22-23H2. The fourth-order valence-electron chi connectivity index (χ4n) is 4.90. The van der Waals surface area contributed by atoms with Crippen LogP contribution in [0.3, 0.4) is 0 Å². The summed E-state index contributed by atoms with van der Waals surface area (Å²) in [6.45, 7) is 0.791.